The van der Waals surface area contributed by atoms with Gasteiger partial charge in [0, 0.05) is 18.8 Å². The van der Waals surface area contributed by atoms with Crippen LogP contribution >= 0.6 is 0 Å². The van der Waals surface area contributed by atoms with Gasteiger partial charge in [-0.1, -0.05) is 12.1 Å². The summed E-state index contributed by atoms with van der Waals surface area (Å²) >= 11 is 0. The second-order valence-electron chi connectivity index (χ2n) is 7.04. The SMILES string of the molecule is CCOC(=O)c1ccc(N2N=C(OCC)C(=Cc3ccc(N(CC)CC)cc3)C2=O)cc1. The lowest BCUT2D eigenvalue weighted by molar-refractivity contribution is -0.114. The molecule has 0 spiro atoms. The molecule has 2 aromatic rings. The smallest absolute Gasteiger partial charge is 0.338 e. The Morgan fingerprint density at radius 2 is 1.62 bits per heavy atom. The van der Waals surface area contributed by atoms with Crippen molar-refractivity contribution >= 4 is 35.2 Å². The Morgan fingerprint density at radius 3 is 2.19 bits per heavy atom. The van der Waals surface area contributed by atoms with Crippen LogP contribution in [0.3, 0.4) is 0 Å². The van der Waals surface area contributed by atoms with E-state index in [4.69, 9.17) is 9.47 Å². The van der Waals surface area contributed by atoms with Crippen molar-refractivity contribution in [2.24, 2.45) is 5.10 Å². The summed E-state index contributed by atoms with van der Waals surface area (Å²) in [6, 6.07) is 14.6. The van der Waals surface area contributed by atoms with Crippen LogP contribution in [0.2, 0.25) is 0 Å². The lowest BCUT2D eigenvalue weighted by Gasteiger charge is -2.20. The van der Waals surface area contributed by atoms with Gasteiger partial charge >= 0.3 is 5.97 Å². The number of amides is 1. The van der Waals surface area contributed by atoms with Crippen molar-refractivity contribution in [1.29, 1.82) is 0 Å². The average Bonchev–Trinajstić information content (AvgIpc) is 3.11. The minimum atomic E-state index is -0.404. The van der Waals surface area contributed by atoms with Crippen molar-refractivity contribution in [2.75, 3.05) is 36.2 Å². The number of esters is 1. The third-order valence-electron chi connectivity index (χ3n) is 5.08. The van der Waals surface area contributed by atoms with Crippen molar-refractivity contribution in [2.45, 2.75) is 27.7 Å². The molecule has 0 fully saturated rings. The normalized spacial score (nSPS) is 14.5. The van der Waals surface area contributed by atoms with Crippen molar-refractivity contribution in [3.05, 3.63) is 65.2 Å². The maximum atomic E-state index is 13.1. The number of hydrazone groups is 1. The number of hydrogen-bond donors (Lipinski definition) is 0. The zero-order chi connectivity index (χ0) is 23.1. The summed E-state index contributed by atoms with van der Waals surface area (Å²) in [5.74, 6) is -0.413. The van der Waals surface area contributed by atoms with E-state index in [1.807, 2.05) is 31.2 Å². The monoisotopic (exact) mass is 435 g/mol. The van der Waals surface area contributed by atoms with Crippen LogP contribution in [0.1, 0.15) is 43.6 Å². The first-order valence-electron chi connectivity index (χ1n) is 10.9. The average molecular weight is 436 g/mol. The second kappa shape index (κ2) is 10.6. The number of anilines is 2. The fourth-order valence-corrected chi connectivity index (χ4v) is 3.43. The van der Waals surface area contributed by atoms with Crippen LogP contribution in [0.4, 0.5) is 11.4 Å². The number of nitrogens with zero attached hydrogens (tertiary/aromatic N) is 3. The molecule has 1 aliphatic rings. The lowest BCUT2D eigenvalue weighted by Crippen LogP contribution is -2.22. The van der Waals surface area contributed by atoms with Crippen molar-refractivity contribution < 1.29 is 19.1 Å². The number of carbonyl (C=O) groups excluding carboxylic acids is 2. The maximum absolute atomic E-state index is 13.1. The van der Waals surface area contributed by atoms with E-state index >= 15 is 0 Å². The van der Waals surface area contributed by atoms with Crippen LogP contribution in [-0.4, -0.2) is 44.1 Å². The van der Waals surface area contributed by atoms with Gasteiger partial charge in [0.15, 0.2) is 0 Å². The molecule has 1 heterocycles. The Hall–Kier alpha value is -3.61. The molecule has 1 aliphatic heterocycles. The molecular weight excluding hydrogens is 406 g/mol. The van der Waals surface area contributed by atoms with Crippen LogP contribution < -0.4 is 9.91 Å². The topological polar surface area (TPSA) is 71.4 Å². The Morgan fingerprint density at radius 1 is 0.969 bits per heavy atom. The van der Waals surface area contributed by atoms with E-state index in [-0.39, 0.29) is 11.8 Å². The Bertz CT molecular complexity index is 1010. The molecule has 0 aromatic heterocycles. The molecule has 3 rings (SSSR count). The second-order valence-corrected chi connectivity index (χ2v) is 7.04. The molecule has 7 nitrogen and oxygen atoms in total. The summed E-state index contributed by atoms with van der Waals surface area (Å²) in [5, 5.41) is 5.66. The molecule has 0 aliphatic carbocycles. The summed E-state index contributed by atoms with van der Waals surface area (Å²) in [6.45, 7) is 10.4. The molecule has 32 heavy (non-hydrogen) atoms. The Balaban J connectivity index is 1.86. The van der Waals surface area contributed by atoms with Crippen LogP contribution in [0, 0.1) is 0 Å². The van der Waals surface area contributed by atoms with Gasteiger partial charge in [-0.3, -0.25) is 4.79 Å². The summed E-state index contributed by atoms with van der Waals surface area (Å²) < 4.78 is 10.6. The van der Waals surface area contributed by atoms with Gasteiger partial charge in [0.1, 0.15) is 5.57 Å². The minimum Gasteiger partial charge on any atom is -0.476 e. The van der Waals surface area contributed by atoms with Gasteiger partial charge < -0.3 is 14.4 Å². The zero-order valence-corrected chi connectivity index (χ0v) is 19.0. The molecule has 0 atom stereocenters. The van der Waals surface area contributed by atoms with E-state index in [1.54, 1.807) is 37.3 Å². The molecule has 0 unspecified atom stereocenters. The number of rotatable bonds is 8. The largest absolute Gasteiger partial charge is 0.476 e. The molecule has 0 radical (unpaired) electrons. The molecular formula is C25H29N3O4. The number of carbonyl (C=O) groups is 2. The van der Waals surface area contributed by atoms with Crippen LogP contribution in [0.25, 0.3) is 6.08 Å². The van der Waals surface area contributed by atoms with Crippen molar-refractivity contribution in [3.8, 4) is 0 Å². The molecule has 168 valence electrons. The third kappa shape index (κ3) is 4.99. The molecule has 0 bridgehead atoms. The molecule has 0 N–H and O–H groups in total. The van der Waals surface area contributed by atoms with E-state index in [1.165, 1.54) is 5.01 Å². The number of ether oxygens (including phenoxy) is 2. The van der Waals surface area contributed by atoms with Gasteiger partial charge in [-0.15, -0.1) is 5.10 Å². The third-order valence-corrected chi connectivity index (χ3v) is 5.08. The van der Waals surface area contributed by atoms with Gasteiger partial charge in [-0.05, 0) is 75.7 Å². The van der Waals surface area contributed by atoms with Crippen molar-refractivity contribution in [3.63, 3.8) is 0 Å². The predicted molar refractivity (Wildman–Crippen MR) is 127 cm³/mol. The standard InChI is InChI=1S/C25H29N3O4/c1-5-27(6-2)20-13-9-18(10-14-20)17-22-23(31-7-3)26-28(24(22)29)21-15-11-19(12-16-21)25(30)32-8-4/h9-17H,5-8H2,1-4H3. The quantitative estimate of drug-likeness (QED) is 0.451. The van der Waals surface area contributed by atoms with Gasteiger partial charge in [0.05, 0.1) is 24.5 Å². The van der Waals surface area contributed by atoms with Gasteiger partial charge in [-0.25, -0.2) is 4.79 Å². The molecule has 0 saturated heterocycles. The van der Waals surface area contributed by atoms with Gasteiger partial charge in [0.2, 0.25) is 5.90 Å². The van der Waals surface area contributed by atoms with E-state index < -0.39 is 5.97 Å². The van der Waals surface area contributed by atoms with Gasteiger partial charge in [0.25, 0.3) is 5.91 Å². The predicted octanol–water partition coefficient (Wildman–Crippen LogP) is 4.49. The maximum Gasteiger partial charge on any atom is 0.338 e. The first-order valence-corrected chi connectivity index (χ1v) is 10.9. The first kappa shape index (κ1) is 23.1. The van der Waals surface area contributed by atoms with E-state index in [9.17, 15) is 9.59 Å². The van der Waals surface area contributed by atoms with Crippen LogP contribution in [0.5, 0.6) is 0 Å². The Kier molecular flexibility index (Phi) is 7.65. The van der Waals surface area contributed by atoms with E-state index in [0.717, 1.165) is 24.3 Å². The highest BCUT2D eigenvalue weighted by Crippen LogP contribution is 2.26. The van der Waals surface area contributed by atoms with Crippen LogP contribution in [-0.2, 0) is 14.3 Å². The minimum absolute atomic E-state index is 0.278. The highest BCUT2D eigenvalue weighted by atomic mass is 16.5. The highest BCUT2D eigenvalue weighted by Gasteiger charge is 2.32. The van der Waals surface area contributed by atoms with Gasteiger partial charge in [-0.2, -0.15) is 5.01 Å². The van der Waals surface area contributed by atoms with E-state index in [2.05, 4.69) is 23.8 Å². The summed E-state index contributed by atoms with van der Waals surface area (Å²) in [7, 11) is 0. The lowest BCUT2D eigenvalue weighted by atomic mass is 10.1. The molecule has 0 saturated carbocycles. The Labute approximate surface area is 188 Å². The number of benzene rings is 2. The summed E-state index contributed by atoms with van der Waals surface area (Å²) in [4.78, 5) is 27.3. The van der Waals surface area contributed by atoms with Crippen LogP contribution in [0.15, 0.2) is 59.2 Å². The molecule has 1 amide bonds. The first-order chi connectivity index (χ1) is 15.5. The fourth-order valence-electron chi connectivity index (χ4n) is 3.43. The highest BCUT2D eigenvalue weighted by molar-refractivity contribution is 6.30. The molecule has 2 aromatic carbocycles. The summed E-state index contributed by atoms with van der Waals surface area (Å²) in [5.41, 5.74) is 3.37. The summed E-state index contributed by atoms with van der Waals surface area (Å²) in [6.07, 6.45) is 1.79. The number of hydrogen-bond acceptors (Lipinski definition) is 6. The fraction of sp³-hybridized carbons (Fsp3) is 0.320. The molecule has 7 heteroatoms. The van der Waals surface area contributed by atoms with E-state index in [0.29, 0.717) is 30.0 Å². The van der Waals surface area contributed by atoms with Crippen molar-refractivity contribution in [1.82, 2.24) is 0 Å². The zero-order valence-electron chi connectivity index (χ0n) is 19.0.